The van der Waals surface area contributed by atoms with E-state index in [1.54, 1.807) is 19.4 Å². The number of methoxy groups -OCH3 is 1. The molecular weight excluding hydrogens is 332 g/mol. The van der Waals surface area contributed by atoms with Gasteiger partial charge in [-0.1, -0.05) is 0 Å². The largest absolute Gasteiger partial charge is 0.377 e. The highest BCUT2D eigenvalue weighted by molar-refractivity contribution is 9.10. The van der Waals surface area contributed by atoms with Crippen molar-refractivity contribution in [3.05, 3.63) is 22.9 Å². The molecule has 1 aromatic rings. The molecule has 0 saturated carbocycles. The van der Waals surface area contributed by atoms with E-state index in [1.807, 2.05) is 6.92 Å². The summed E-state index contributed by atoms with van der Waals surface area (Å²) in [6, 6.07) is 1.57. The minimum atomic E-state index is -3.50. The minimum absolute atomic E-state index is 0.210. The quantitative estimate of drug-likeness (QED) is 0.838. The Kier molecular flexibility index (Phi) is 4.29. The number of aromatic nitrogens is 1. The normalized spacial score (nSPS) is 25.4. The Bertz CT molecular complexity index is 564. The molecule has 1 atom stereocenters. The summed E-state index contributed by atoms with van der Waals surface area (Å²) in [5.41, 5.74) is -0.412. The van der Waals surface area contributed by atoms with Crippen LogP contribution in [-0.4, -0.2) is 43.5 Å². The fourth-order valence-electron chi connectivity index (χ4n) is 2.21. The SMILES string of the molecule is COC1(C)CCCN(S(=O)(=O)c2cncc(Br)c2)C1. The average Bonchev–Trinajstić information content (AvgIpc) is 2.39. The number of nitrogens with zero attached hydrogens (tertiary/aromatic N) is 2. The fourth-order valence-corrected chi connectivity index (χ4v) is 4.31. The van der Waals surface area contributed by atoms with Crippen LogP contribution in [0.15, 0.2) is 27.8 Å². The maximum atomic E-state index is 12.6. The molecule has 0 aliphatic carbocycles. The second kappa shape index (κ2) is 5.47. The monoisotopic (exact) mass is 348 g/mol. The van der Waals surface area contributed by atoms with Gasteiger partial charge in [0.15, 0.2) is 0 Å². The van der Waals surface area contributed by atoms with Gasteiger partial charge < -0.3 is 4.74 Å². The molecule has 1 aromatic heterocycles. The van der Waals surface area contributed by atoms with Gasteiger partial charge in [0.2, 0.25) is 10.0 Å². The van der Waals surface area contributed by atoms with Gasteiger partial charge in [-0.15, -0.1) is 0 Å². The molecule has 0 N–H and O–H groups in total. The van der Waals surface area contributed by atoms with Crippen molar-refractivity contribution in [2.24, 2.45) is 0 Å². The van der Waals surface area contributed by atoms with Gasteiger partial charge in [-0.2, -0.15) is 4.31 Å². The van der Waals surface area contributed by atoms with Crippen LogP contribution in [0.2, 0.25) is 0 Å². The van der Waals surface area contributed by atoms with E-state index in [4.69, 9.17) is 4.74 Å². The van der Waals surface area contributed by atoms with Crippen molar-refractivity contribution in [1.29, 1.82) is 0 Å². The first kappa shape index (κ1) is 14.9. The lowest BCUT2D eigenvalue weighted by Gasteiger charge is -2.38. The molecule has 7 heteroatoms. The lowest BCUT2D eigenvalue weighted by Crippen LogP contribution is -2.49. The van der Waals surface area contributed by atoms with Crippen LogP contribution in [0.25, 0.3) is 0 Å². The van der Waals surface area contributed by atoms with Crippen LogP contribution in [0.3, 0.4) is 0 Å². The Labute approximate surface area is 122 Å². The number of halogens is 1. The summed E-state index contributed by atoms with van der Waals surface area (Å²) in [6.07, 6.45) is 4.60. The van der Waals surface area contributed by atoms with Gasteiger partial charge in [-0.25, -0.2) is 8.42 Å². The molecule has 1 saturated heterocycles. The van der Waals surface area contributed by atoms with Crippen LogP contribution in [0, 0.1) is 0 Å². The van der Waals surface area contributed by atoms with Crippen LogP contribution in [0.5, 0.6) is 0 Å². The number of piperidine rings is 1. The summed E-state index contributed by atoms with van der Waals surface area (Å²) >= 11 is 3.24. The van der Waals surface area contributed by atoms with Crippen molar-refractivity contribution in [1.82, 2.24) is 9.29 Å². The summed E-state index contributed by atoms with van der Waals surface area (Å²) in [7, 11) is -1.88. The maximum Gasteiger partial charge on any atom is 0.244 e. The lowest BCUT2D eigenvalue weighted by atomic mass is 9.96. The number of sulfonamides is 1. The number of pyridine rings is 1. The molecule has 5 nitrogen and oxygen atoms in total. The van der Waals surface area contributed by atoms with Crippen molar-refractivity contribution in [2.75, 3.05) is 20.2 Å². The van der Waals surface area contributed by atoms with Crippen molar-refractivity contribution in [3.8, 4) is 0 Å². The van der Waals surface area contributed by atoms with E-state index >= 15 is 0 Å². The average molecular weight is 349 g/mol. The first-order chi connectivity index (χ1) is 8.87. The Balaban J connectivity index is 2.30. The summed E-state index contributed by atoms with van der Waals surface area (Å²) in [5.74, 6) is 0. The van der Waals surface area contributed by atoms with Crippen molar-refractivity contribution >= 4 is 26.0 Å². The molecule has 0 aromatic carbocycles. The highest BCUT2D eigenvalue weighted by Gasteiger charge is 2.37. The molecule has 2 heterocycles. The third kappa shape index (κ3) is 3.16. The smallest absolute Gasteiger partial charge is 0.244 e. The number of hydrogen-bond acceptors (Lipinski definition) is 4. The zero-order valence-electron chi connectivity index (χ0n) is 11.0. The summed E-state index contributed by atoms with van der Waals surface area (Å²) in [4.78, 5) is 4.13. The molecule has 19 heavy (non-hydrogen) atoms. The summed E-state index contributed by atoms with van der Waals surface area (Å²) < 4.78 is 32.7. The van der Waals surface area contributed by atoms with E-state index in [-0.39, 0.29) is 4.90 Å². The third-order valence-electron chi connectivity index (χ3n) is 3.43. The molecule has 1 aliphatic rings. The molecular formula is C12H17BrN2O3S. The number of hydrogen-bond donors (Lipinski definition) is 0. The molecule has 106 valence electrons. The van der Waals surface area contributed by atoms with Crippen LogP contribution in [0.4, 0.5) is 0 Å². The molecule has 0 amide bonds. The number of ether oxygens (including phenoxy) is 1. The highest BCUT2D eigenvalue weighted by Crippen LogP contribution is 2.28. The lowest BCUT2D eigenvalue weighted by molar-refractivity contribution is -0.0319. The van der Waals surface area contributed by atoms with Gasteiger partial charge in [0.05, 0.1) is 5.60 Å². The second-order valence-corrected chi connectivity index (χ2v) is 7.79. The maximum absolute atomic E-state index is 12.6. The van der Waals surface area contributed by atoms with E-state index in [0.29, 0.717) is 17.6 Å². The van der Waals surface area contributed by atoms with Crippen molar-refractivity contribution in [2.45, 2.75) is 30.3 Å². The zero-order chi connectivity index (χ0) is 14.1. The van der Waals surface area contributed by atoms with Crippen LogP contribution in [-0.2, 0) is 14.8 Å². The van der Waals surface area contributed by atoms with Gasteiger partial charge in [0.25, 0.3) is 0 Å². The first-order valence-electron chi connectivity index (χ1n) is 6.03. The molecule has 0 spiro atoms. The summed E-state index contributed by atoms with van der Waals surface area (Å²) in [6.45, 7) is 2.83. The van der Waals surface area contributed by atoms with Crippen molar-refractivity contribution < 1.29 is 13.2 Å². The van der Waals surface area contributed by atoms with Gasteiger partial charge >= 0.3 is 0 Å². The standard InChI is InChI=1S/C12H17BrN2O3S/c1-12(18-2)4-3-5-15(9-12)19(16,17)11-6-10(13)7-14-8-11/h6-8H,3-5,9H2,1-2H3. The van der Waals surface area contributed by atoms with E-state index in [2.05, 4.69) is 20.9 Å². The third-order valence-corrected chi connectivity index (χ3v) is 5.68. The molecule has 0 radical (unpaired) electrons. The molecule has 1 fully saturated rings. The van der Waals surface area contributed by atoms with Crippen molar-refractivity contribution in [3.63, 3.8) is 0 Å². The topological polar surface area (TPSA) is 59.5 Å². The van der Waals surface area contributed by atoms with Gasteiger partial charge in [0.1, 0.15) is 4.90 Å². The zero-order valence-corrected chi connectivity index (χ0v) is 13.4. The van der Waals surface area contributed by atoms with E-state index in [9.17, 15) is 8.42 Å². The second-order valence-electron chi connectivity index (χ2n) is 4.94. The first-order valence-corrected chi connectivity index (χ1v) is 8.27. The number of rotatable bonds is 3. The van der Waals surface area contributed by atoms with Gasteiger partial charge in [-0.05, 0) is 41.8 Å². The Hall–Kier alpha value is -0.500. The Morgan fingerprint density at radius 1 is 1.47 bits per heavy atom. The molecule has 0 bridgehead atoms. The minimum Gasteiger partial charge on any atom is -0.377 e. The van der Waals surface area contributed by atoms with Gasteiger partial charge in [0, 0.05) is 37.1 Å². The van der Waals surface area contributed by atoms with E-state index in [1.165, 1.54) is 10.5 Å². The Morgan fingerprint density at radius 3 is 2.84 bits per heavy atom. The van der Waals surface area contributed by atoms with Crippen LogP contribution >= 0.6 is 15.9 Å². The molecule has 1 aliphatic heterocycles. The Morgan fingerprint density at radius 2 is 2.21 bits per heavy atom. The van der Waals surface area contributed by atoms with Crippen LogP contribution in [0.1, 0.15) is 19.8 Å². The highest BCUT2D eigenvalue weighted by atomic mass is 79.9. The predicted octanol–water partition coefficient (Wildman–Crippen LogP) is 2.03. The fraction of sp³-hybridized carbons (Fsp3) is 0.583. The molecule has 2 rings (SSSR count). The summed E-state index contributed by atoms with van der Waals surface area (Å²) in [5, 5.41) is 0. The van der Waals surface area contributed by atoms with E-state index in [0.717, 1.165) is 12.8 Å². The van der Waals surface area contributed by atoms with Crippen LogP contribution < -0.4 is 0 Å². The molecule has 1 unspecified atom stereocenters. The van der Waals surface area contributed by atoms with E-state index < -0.39 is 15.6 Å². The predicted molar refractivity (Wildman–Crippen MR) is 75.3 cm³/mol. The van der Waals surface area contributed by atoms with Gasteiger partial charge in [-0.3, -0.25) is 4.98 Å².